The van der Waals surface area contributed by atoms with Crippen LogP contribution in [0.2, 0.25) is 0 Å². The predicted octanol–water partition coefficient (Wildman–Crippen LogP) is 1.63. The van der Waals surface area contributed by atoms with Gasteiger partial charge >= 0.3 is 6.09 Å². The minimum atomic E-state index is -0.243. The normalized spacial score (nSPS) is 22.8. The van der Waals surface area contributed by atoms with E-state index in [0.717, 1.165) is 19.3 Å². The highest BCUT2D eigenvalue weighted by Crippen LogP contribution is 2.31. The summed E-state index contributed by atoms with van der Waals surface area (Å²) >= 11 is 0. The van der Waals surface area contributed by atoms with E-state index in [9.17, 15) is 14.4 Å². The van der Waals surface area contributed by atoms with Gasteiger partial charge in [0, 0.05) is 19.1 Å². The molecule has 2 fully saturated rings. The summed E-state index contributed by atoms with van der Waals surface area (Å²) in [5, 5.41) is 0. The lowest BCUT2D eigenvalue weighted by Gasteiger charge is -2.38. The van der Waals surface area contributed by atoms with Crippen LogP contribution in [-0.4, -0.2) is 72.6 Å². The second-order valence-corrected chi connectivity index (χ2v) is 7.39. The fourth-order valence-electron chi connectivity index (χ4n) is 4.19. The SMILES string of the molecule is CCC1COC(=O)N1C1CCN(C(=O)CN2C(=O)COc3ccccc32)CC1. The molecule has 150 valence electrons. The van der Waals surface area contributed by atoms with E-state index in [1.54, 1.807) is 17.0 Å². The van der Waals surface area contributed by atoms with Gasteiger partial charge in [0.15, 0.2) is 6.61 Å². The zero-order valence-corrected chi connectivity index (χ0v) is 16.0. The molecule has 1 unspecified atom stereocenters. The van der Waals surface area contributed by atoms with Crippen LogP contribution < -0.4 is 9.64 Å². The van der Waals surface area contributed by atoms with Crippen molar-refractivity contribution in [3.8, 4) is 5.75 Å². The standard InChI is InChI=1S/C20H25N3O5/c1-2-14-12-28-20(26)23(14)15-7-9-21(10-8-15)18(24)11-22-16-5-3-4-6-17(16)27-13-19(22)25/h3-6,14-15H,2,7-13H2,1H3. The fraction of sp³-hybridized carbons (Fsp3) is 0.550. The van der Waals surface area contributed by atoms with Gasteiger partial charge in [-0.15, -0.1) is 0 Å². The molecule has 0 N–H and O–H groups in total. The Labute approximate surface area is 164 Å². The summed E-state index contributed by atoms with van der Waals surface area (Å²) in [5.41, 5.74) is 0.632. The number of rotatable bonds is 4. The van der Waals surface area contributed by atoms with Gasteiger partial charge in [0.05, 0.1) is 11.7 Å². The van der Waals surface area contributed by atoms with E-state index < -0.39 is 0 Å². The molecule has 2 saturated heterocycles. The second-order valence-electron chi connectivity index (χ2n) is 7.39. The average Bonchev–Trinajstić information content (AvgIpc) is 3.10. The molecule has 3 amide bonds. The third-order valence-electron chi connectivity index (χ3n) is 5.79. The van der Waals surface area contributed by atoms with E-state index in [1.165, 1.54) is 4.90 Å². The lowest BCUT2D eigenvalue weighted by Crippen LogP contribution is -2.52. The molecule has 0 saturated carbocycles. The zero-order chi connectivity index (χ0) is 19.7. The lowest BCUT2D eigenvalue weighted by atomic mass is 10.0. The molecule has 1 atom stereocenters. The minimum Gasteiger partial charge on any atom is -0.482 e. The fourth-order valence-corrected chi connectivity index (χ4v) is 4.19. The van der Waals surface area contributed by atoms with Gasteiger partial charge in [-0.3, -0.25) is 19.4 Å². The molecule has 0 aliphatic carbocycles. The van der Waals surface area contributed by atoms with E-state index in [1.807, 2.05) is 17.0 Å². The van der Waals surface area contributed by atoms with Crippen molar-refractivity contribution in [2.45, 2.75) is 38.3 Å². The number of cyclic esters (lactones) is 1. The molecule has 3 aliphatic heterocycles. The van der Waals surface area contributed by atoms with Crippen molar-refractivity contribution in [3.63, 3.8) is 0 Å². The van der Waals surface area contributed by atoms with Gasteiger partial charge in [-0.2, -0.15) is 0 Å². The van der Waals surface area contributed by atoms with Crippen LogP contribution in [0.25, 0.3) is 0 Å². The quantitative estimate of drug-likeness (QED) is 0.785. The van der Waals surface area contributed by atoms with E-state index in [4.69, 9.17) is 9.47 Å². The Morgan fingerprint density at radius 2 is 1.89 bits per heavy atom. The van der Waals surface area contributed by atoms with E-state index in [2.05, 4.69) is 6.92 Å². The Morgan fingerprint density at radius 3 is 2.64 bits per heavy atom. The highest BCUT2D eigenvalue weighted by atomic mass is 16.6. The van der Waals surface area contributed by atoms with Gasteiger partial charge in [0.25, 0.3) is 5.91 Å². The van der Waals surface area contributed by atoms with Crippen molar-refractivity contribution >= 4 is 23.6 Å². The number of piperidine rings is 1. The van der Waals surface area contributed by atoms with Crippen molar-refractivity contribution in [1.82, 2.24) is 9.80 Å². The van der Waals surface area contributed by atoms with Gasteiger partial charge < -0.3 is 14.4 Å². The van der Waals surface area contributed by atoms with Crippen LogP contribution in [0.3, 0.4) is 0 Å². The van der Waals surface area contributed by atoms with E-state index >= 15 is 0 Å². The number of nitrogens with zero attached hydrogens (tertiary/aromatic N) is 3. The number of hydrogen-bond donors (Lipinski definition) is 0. The number of carbonyl (C=O) groups is 3. The predicted molar refractivity (Wildman–Crippen MR) is 101 cm³/mol. The summed E-state index contributed by atoms with van der Waals surface area (Å²) < 4.78 is 10.6. The summed E-state index contributed by atoms with van der Waals surface area (Å²) in [5.74, 6) is 0.318. The molecular weight excluding hydrogens is 362 g/mol. The molecule has 0 radical (unpaired) electrons. The molecule has 1 aromatic rings. The number of likely N-dealkylation sites (tertiary alicyclic amines) is 1. The number of anilines is 1. The van der Waals surface area contributed by atoms with Crippen molar-refractivity contribution in [1.29, 1.82) is 0 Å². The van der Waals surface area contributed by atoms with Crippen molar-refractivity contribution < 1.29 is 23.9 Å². The summed E-state index contributed by atoms with van der Waals surface area (Å²) in [7, 11) is 0. The van der Waals surface area contributed by atoms with Crippen LogP contribution in [0.4, 0.5) is 10.5 Å². The van der Waals surface area contributed by atoms with E-state index in [-0.39, 0.29) is 43.1 Å². The Bertz CT molecular complexity index is 775. The third-order valence-corrected chi connectivity index (χ3v) is 5.79. The van der Waals surface area contributed by atoms with Crippen LogP contribution in [-0.2, 0) is 14.3 Å². The molecule has 3 aliphatic rings. The Kier molecular flexibility index (Phi) is 5.11. The van der Waals surface area contributed by atoms with Gasteiger partial charge in [0.2, 0.25) is 5.91 Å². The maximum absolute atomic E-state index is 12.8. The zero-order valence-electron chi connectivity index (χ0n) is 16.0. The lowest BCUT2D eigenvalue weighted by molar-refractivity contribution is -0.133. The minimum absolute atomic E-state index is 0.00716. The molecule has 8 heteroatoms. The molecule has 0 spiro atoms. The van der Waals surface area contributed by atoms with Gasteiger partial charge in [0.1, 0.15) is 18.9 Å². The Balaban J connectivity index is 1.37. The Hall–Kier alpha value is -2.77. The molecule has 1 aromatic carbocycles. The number of para-hydroxylation sites is 2. The van der Waals surface area contributed by atoms with Crippen molar-refractivity contribution in [3.05, 3.63) is 24.3 Å². The van der Waals surface area contributed by atoms with Crippen LogP contribution in [0.1, 0.15) is 26.2 Å². The van der Waals surface area contributed by atoms with Crippen molar-refractivity contribution in [2.24, 2.45) is 0 Å². The largest absolute Gasteiger partial charge is 0.482 e. The summed E-state index contributed by atoms with van der Waals surface area (Å²) in [6, 6.07) is 7.48. The number of hydrogen-bond acceptors (Lipinski definition) is 5. The Morgan fingerprint density at radius 1 is 1.14 bits per heavy atom. The number of amides is 3. The monoisotopic (exact) mass is 387 g/mol. The van der Waals surface area contributed by atoms with Gasteiger partial charge in [-0.05, 0) is 31.4 Å². The van der Waals surface area contributed by atoms with Gasteiger partial charge in [-0.1, -0.05) is 19.1 Å². The second kappa shape index (κ2) is 7.69. The number of fused-ring (bicyclic) bond motifs is 1. The van der Waals surface area contributed by atoms with Crippen molar-refractivity contribution in [2.75, 3.05) is 37.7 Å². The first-order valence-electron chi connectivity index (χ1n) is 9.83. The van der Waals surface area contributed by atoms with Crippen LogP contribution in [0.5, 0.6) is 5.75 Å². The maximum Gasteiger partial charge on any atom is 0.410 e. The molecule has 4 rings (SSSR count). The average molecular weight is 387 g/mol. The third kappa shape index (κ3) is 3.39. The first kappa shape index (κ1) is 18.6. The smallest absolute Gasteiger partial charge is 0.410 e. The molecule has 3 heterocycles. The number of carbonyl (C=O) groups excluding carboxylic acids is 3. The molecule has 0 bridgehead atoms. The van der Waals surface area contributed by atoms with Crippen LogP contribution in [0, 0.1) is 0 Å². The van der Waals surface area contributed by atoms with Crippen LogP contribution in [0.15, 0.2) is 24.3 Å². The van der Waals surface area contributed by atoms with E-state index in [0.29, 0.717) is 31.1 Å². The molecule has 28 heavy (non-hydrogen) atoms. The van der Waals surface area contributed by atoms with Crippen LogP contribution >= 0.6 is 0 Å². The molecular formula is C20H25N3O5. The maximum atomic E-state index is 12.8. The first-order chi connectivity index (χ1) is 13.6. The van der Waals surface area contributed by atoms with Gasteiger partial charge in [-0.25, -0.2) is 4.79 Å². The molecule has 0 aromatic heterocycles. The first-order valence-corrected chi connectivity index (χ1v) is 9.83. The summed E-state index contributed by atoms with van der Waals surface area (Å²) in [6.07, 6.45) is 2.08. The topological polar surface area (TPSA) is 79.4 Å². The summed E-state index contributed by atoms with van der Waals surface area (Å²) in [6.45, 7) is 3.60. The number of benzene rings is 1. The summed E-state index contributed by atoms with van der Waals surface area (Å²) in [4.78, 5) is 42.3. The number of ether oxygens (including phenoxy) is 2. The molecule has 8 nitrogen and oxygen atoms in total. The highest BCUT2D eigenvalue weighted by Gasteiger charge is 2.39. The highest BCUT2D eigenvalue weighted by molar-refractivity contribution is 6.02.